The largest absolute Gasteiger partial charge is 0.478 e. The predicted molar refractivity (Wildman–Crippen MR) is 60.3 cm³/mol. The molecule has 0 spiro atoms. The fourth-order valence-electron chi connectivity index (χ4n) is 1.86. The van der Waals surface area contributed by atoms with Gasteiger partial charge in [-0.25, -0.2) is 14.8 Å². The van der Waals surface area contributed by atoms with Crippen molar-refractivity contribution in [1.29, 1.82) is 0 Å². The zero-order valence-corrected chi connectivity index (χ0v) is 10.0. The van der Waals surface area contributed by atoms with E-state index in [0.717, 1.165) is 12.4 Å². The van der Waals surface area contributed by atoms with Gasteiger partial charge < -0.3 is 25.2 Å². The first kappa shape index (κ1) is 13.8. The topological polar surface area (TPSA) is 133 Å². The Balaban J connectivity index is 2.23. The van der Waals surface area contributed by atoms with Gasteiger partial charge in [0.25, 0.3) is 0 Å². The van der Waals surface area contributed by atoms with Gasteiger partial charge in [-0.15, -0.1) is 0 Å². The predicted octanol–water partition coefficient (Wildman–Crippen LogP) is -1.28. The van der Waals surface area contributed by atoms with Crippen LogP contribution in [0, 0.1) is 0 Å². The maximum absolute atomic E-state index is 10.7. The van der Waals surface area contributed by atoms with E-state index in [0.29, 0.717) is 0 Å². The molecule has 1 aliphatic rings. The summed E-state index contributed by atoms with van der Waals surface area (Å²) in [5.74, 6) is -1.12. The highest BCUT2D eigenvalue weighted by atomic mass is 16.5. The number of carbonyl (C=O) groups is 1. The molecule has 0 aromatic carbocycles. The third kappa shape index (κ3) is 2.56. The van der Waals surface area contributed by atoms with Crippen LogP contribution in [0.3, 0.4) is 0 Å². The van der Waals surface area contributed by atoms with Crippen LogP contribution >= 0.6 is 0 Å². The van der Waals surface area contributed by atoms with Crippen molar-refractivity contribution in [3.05, 3.63) is 23.8 Å². The molecule has 0 aliphatic carbocycles. The molecule has 1 aromatic heterocycles. The Morgan fingerprint density at radius 2 is 1.74 bits per heavy atom. The normalized spacial score (nSPS) is 35.1. The molecule has 8 nitrogen and oxygen atoms in total. The molecule has 1 aromatic rings. The molecule has 0 saturated carbocycles. The van der Waals surface area contributed by atoms with Crippen LogP contribution in [0.15, 0.2) is 12.4 Å². The van der Waals surface area contributed by atoms with Crippen LogP contribution in [0.2, 0.25) is 0 Å². The summed E-state index contributed by atoms with van der Waals surface area (Å²) in [6, 6.07) is 0. The SMILES string of the molecule is C[C@H]1O[C@@H](c2ncc(C(=O)O)cn2)[C@H](O)[C@@H](O)[C@H]1O. The van der Waals surface area contributed by atoms with E-state index >= 15 is 0 Å². The Hall–Kier alpha value is -1.61. The smallest absolute Gasteiger partial charge is 0.338 e. The summed E-state index contributed by atoms with van der Waals surface area (Å²) in [6.45, 7) is 1.54. The lowest BCUT2D eigenvalue weighted by Gasteiger charge is -2.38. The molecule has 0 radical (unpaired) electrons. The van der Waals surface area contributed by atoms with E-state index in [1.807, 2.05) is 0 Å². The van der Waals surface area contributed by atoms with Gasteiger partial charge in [0.1, 0.15) is 24.4 Å². The minimum absolute atomic E-state index is 0.0512. The zero-order valence-electron chi connectivity index (χ0n) is 10.0. The highest BCUT2D eigenvalue weighted by Crippen LogP contribution is 2.30. The quantitative estimate of drug-likeness (QED) is 0.522. The van der Waals surface area contributed by atoms with Gasteiger partial charge in [-0.1, -0.05) is 0 Å². The second-order valence-corrected chi connectivity index (χ2v) is 4.37. The molecule has 1 saturated heterocycles. The molecule has 0 unspecified atom stereocenters. The Morgan fingerprint density at radius 3 is 2.26 bits per heavy atom. The summed E-state index contributed by atoms with van der Waals surface area (Å²) in [7, 11) is 0. The first-order chi connectivity index (χ1) is 8.91. The second-order valence-electron chi connectivity index (χ2n) is 4.37. The van der Waals surface area contributed by atoms with Crippen LogP contribution in [-0.4, -0.2) is 60.8 Å². The average Bonchev–Trinajstić information content (AvgIpc) is 2.40. The fourth-order valence-corrected chi connectivity index (χ4v) is 1.86. The number of rotatable bonds is 2. The van der Waals surface area contributed by atoms with Gasteiger partial charge in [0.05, 0.1) is 11.7 Å². The molecule has 0 bridgehead atoms. The van der Waals surface area contributed by atoms with E-state index in [2.05, 4.69) is 9.97 Å². The lowest BCUT2D eigenvalue weighted by Crippen LogP contribution is -2.53. The summed E-state index contributed by atoms with van der Waals surface area (Å²) in [5.41, 5.74) is -0.0947. The molecule has 2 rings (SSSR count). The van der Waals surface area contributed by atoms with Crippen LogP contribution in [-0.2, 0) is 4.74 Å². The van der Waals surface area contributed by atoms with Crippen LogP contribution in [0.5, 0.6) is 0 Å². The van der Waals surface area contributed by atoms with Crippen LogP contribution in [0.25, 0.3) is 0 Å². The molecule has 104 valence electrons. The van der Waals surface area contributed by atoms with Crippen molar-refractivity contribution in [2.24, 2.45) is 0 Å². The molecule has 2 heterocycles. The number of carboxylic acids is 1. The summed E-state index contributed by atoms with van der Waals surface area (Å²) in [6.07, 6.45) is -3.52. The molecule has 19 heavy (non-hydrogen) atoms. The Kier molecular flexibility index (Phi) is 3.76. The molecule has 4 N–H and O–H groups in total. The van der Waals surface area contributed by atoms with Gasteiger partial charge in [0.2, 0.25) is 0 Å². The number of aliphatic hydroxyl groups excluding tert-OH is 3. The maximum Gasteiger partial charge on any atom is 0.338 e. The average molecular weight is 270 g/mol. The summed E-state index contributed by atoms with van der Waals surface area (Å²) >= 11 is 0. The van der Waals surface area contributed by atoms with E-state index < -0.39 is 36.5 Å². The van der Waals surface area contributed by atoms with Gasteiger partial charge in [-0.3, -0.25) is 0 Å². The Labute approximate surface area is 108 Å². The van der Waals surface area contributed by atoms with Crippen LogP contribution < -0.4 is 0 Å². The molecule has 1 fully saturated rings. The number of hydrogen-bond acceptors (Lipinski definition) is 7. The Bertz CT molecular complexity index is 465. The standard InChI is InChI=1S/C11H14N2O6/c1-4-6(14)7(15)8(16)9(19-4)10-12-2-5(3-13-10)11(17)18/h2-4,6-9,14-16H,1H3,(H,17,18)/t4-,6+,7+,8-,9-/m1/s1. The number of aliphatic hydroxyl groups is 3. The lowest BCUT2D eigenvalue weighted by molar-refractivity contribution is -0.221. The summed E-state index contributed by atoms with van der Waals surface area (Å²) in [4.78, 5) is 18.3. The summed E-state index contributed by atoms with van der Waals surface area (Å²) in [5, 5.41) is 37.8. The van der Waals surface area contributed by atoms with Gasteiger partial charge in [-0.2, -0.15) is 0 Å². The van der Waals surface area contributed by atoms with Crippen molar-refractivity contribution in [2.45, 2.75) is 37.4 Å². The minimum Gasteiger partial charge on any atom is -0.478 e. The van der Waals surface area contributed by atoms with E-state index in [-0.39, 0.29) is 11.4 Å². The second kappa shape index (κ2) is 5.17. The first-order valence-corrected chi connectivity index (χ1v) is 5.66. The lowest BCUT2D eigenvalue weighted by atomic mass is 9.95. The van der Waals surface area contributed by atoms with E-state index in [1.54, 1.807) is 6.92 Å². The van der Waals surface area contributed by atoms with Gasteiger partial charge in [0, 0.05) is 12.4 Å². The maximum atomic E-state index is 10.7. The van der Waals surface area contributed by atoms with Gasteiger partial charge >= 0.3 is 5.97 Å². The fraction of sp³-hybridized carbons (Fsp3) is 0.545. The molecular weight excluding hydrogens is 256 g/mol. The number of aromatic nitrogens is 2. The van der Waals surface area contributed by atoms with Gasteiger partial charge in [0.15, 0.2) is 5.82 Å². The van der Waals surface area contributed by atoms with E-state index in [9.17, 15) is 20.1 Å². The molecule has 8 heteroatoms. The van der Waals surface area contributed by atoms with Crippen molar-refractivity contribution < 1.29 is 30.0 Å². The molecular formula is C11H14N2O6. The highest BCUT2D eigenvalue weighted by molar-refractivity contribution is 5.86. The monoisotopic (exact) mass is 270 g/mol. The van der Waals surface area contributed by atoms with Crippen molar-refractivity contribution in [3.8, 4) is 0 Å². The van der Waals surface area contributed by atoms with Crippen molar-refractivity contribution in [2.75, 3.05) is 0 Å². The molecule has 1 aliphatic heterocycles. The van der Waals surface area contributed by atoms with Crippen molar-refractivity contribution in [1.82, 2.24) is 9.97 Å². The third-order valence-corrected chi connectivity index (χ3v) is 3.03. The van der Waals surface area contributed by atoms with E-state index in [1.165, 1.54) is 0 Å². The summed E-state index contributed by atoms with van der Waals surface area (Å²) < 4.78 is 5.34. The molecule has 5 atom stereocenters. The van der Waals surface area contributed by atoms with Crippen LogP contribution in [0.1, 0.15) is 29.2 Å². The van der Waals surface area contributed by atoms with Crippen molar-refractivity contribution in [3.63, 3.8) is 0 Å². The number of nitrogens with zero attached hydrogens (tertiary/aromatic N) is 2. The number of aromatic carboxylic acids is 1. The minimum atomic E-state index is -1.39. The molecule has 0 amide bonds. The zero-order chi connectivity index (χ0) is 14.2. The van der Waals surface area contributed by atoms with Gasteiger partial charge in [-0.05, 0) is 6.92 Å². The van der Waals surface area contributed by atoms with Crippen molar-refractivity contribution >= 4 is 5.97 Å². The number of ether oxygens (including phenoxy) is 1. The van der Waals surface area contributed by atoms with Crippen LogP contribution in [0.4, 0.5) is 0 Å². The van der Waals surface area contributed by atoms with E-state index in [4.69, 9.17) is 9.84 Å². The Morgan fingerprint density at radius 1 is 1.16 bits per heavy atom. The highest BCUT2D eigenvalue weighted by Gasteiger charge is 2.43. The third-order valence-electron chi connectivity index (χ3n) is 3.03. The first-order valence-electron chi connectivity index (χ1n) is 5.66. The number of carboxylic acid groups (broad SMARTS) is 1. The number of hydrogen-bond donors (Lipinski definition) is 4.